The average molecular weight is 578 g/mol. The first-order valence-electron chi connectivity index (χ1n) is 14.9. The topological polar surface area (TPSA) is 26.0 Å². The van der Waals surface area contributed by atoms with E-state index in [0.717, 1.165) is 16.7 Å². The lowest BCUT2D eigenvalue weighted by molar-refractivity contribution is 0.620. The first kappa shape index (κ1) is 24.0. The van der Waals surface area contributed by atoms with Gasteiger partial charge < -0.3 is 4.42 Å². The largest absolute Gasteiger partial charge is 0.436 e. The van der Waals surface area contributed by atoms with Crippen LogP contribution in [0.25, 0.3) is 97.3 Å². The molecular formula is C41H23NOS. The van der Waals surface area contributed by atoms with Gasteiger partial charge in [-0.2, -0.15) is 0 Å². The van der Waals surface area contributed by atoms with Crippen LogP contribution < -0.4 is 0 Å². The van der Waals surface area contributed by atoms with Gasteiger partial charge in [-0.05, 0) is 109 Å². The Hall–Kier alpha value is -5.51. The molecule has 0 unspecified atom stereocenters. The van der Waals surface area contributed by atoms with Crippen LogP contribution in [-0.4, -0.2) is 4.98 Å². The van der Waals surface area contributed by atoms with Crippen molar-refractivity contribution < 1.29 is 4.42 Å². The van der Waals surface area contributed by atoms with Gasteiger partial charge in [0.25, 0.3) is 0 Å². The number of oxazole rings is 1. The summed E-state index contributed by atoms with van der Waals surface area (Å²) in [5.74, 6) is 0.649. The minimum atomic E-state index is 0.649. The Morgan fingerprint density at radius 3 is 1.82 bits per heavy atom. The first-order valence-corrected chi connectivity index (χ1v) is 15.7. The first-order chi connectivity index (χ1) is 21.8. The number of para-hydroxylation sites is 2. The summed E-state index contributed by atoms with van der Waals surface area (Å²) >= 11 is 1.89. The summed E-state index contributed by atoms with van der Waals surface area (Å²) in [6.45, 7) is 0. The van der Waals surface area contributed by atoms with Gasteiger partial charge in [0.2, 0.25) is 5.89 Å². The maximum absolute atomic E-state index is 5.99. The number of thiophene rings is 1. The van der Waals surface area contributed by atoms with Crippen molar-refractivity contribution in [2.75, 3.05) is 0 Å². The van der Waals surface area contributed by atoms with Gasteiger partial charge in [-0.1, -0.05) is 84.9 Å². The quantitative estimate of drug-likeness (QED) is 0.195. The highest BCUT2D eigenvalue weighted by Gasteiger charge is 2.15. The molecule has 0 radical (unpaired) electrons. The summed E-state index contributed by atoms with van der Waals surface area (Å²) in [5.41, 5.74) is 7.62. The van der Waals surface area contributed by atoms with Crippen molar-refractivity contribution in [1.82, 2.24) is 4.98 Å². The smallest absolute Gasteiger partial charge is 0.227 e. The van der Waals surface area contributed by atoms with E-state index in [1.165, 1.54) is 74.7 Å². The molecule has 2 heterocycles. The fourth-order valence-electron chi connectivity index (χ4n) is 6.94. The maximum atomic E-state index is 5.99. The van der Waals surface area contributed by atoms with E-state index in [1.54, 1.807) is 0 Å². The van der Waals surface area contributed by atoms with E-state index in [0.29, 0.717) is 5.89 Å². The Labute approximate surface area is 256 Å². The van der Waals surface area contributed by atoms with Crippen LogP contribution in [0.3, 0.4) is 0 Å². The molecule has 204 valence electrons. The number of hydrogen-bond acceptors (Lipinski definition) is 3. The predicted molar refractivity (Wildman–Crippen MR) is 187 cm³/mol. The molecule has 10 aromatic rings. The molecule has 0 aliphatic rings. The lowest BCUT2D eigenvalue weighted by Gasteiger charge is -2.15. The van der Waals surface area contributed by atoms with E-state index in [1.807, 2.05) is 35.6 Å². The molecule has 0 saturated heterocycles. The van der Waals surface area contributed by atoms with Gasteiger partial charge in [0.1, 0.15) is 5.52 Å². The molecule has 0 atom stereocenters. The van der Waals surface area contributed by atoms with Gasteiger partial charge in [0.05, 0.1) is 0 Å². The van der Waals surface area contributed by atoms with Crippen LogP contribution in [0.1, 0.15) is 0 Å². The molecule has 2 nitrogen and oxygen atoms in total. The zero-order chi connectivity index (χ0) is 28.8. The normalized spacial score (nSPS) is 12.1. The highest BCUT2D eigenvalue weighted by molar-refractivity contribution is 7.26. The Morgan fingerprint density at radius 1 is 0.477 bits per heavy atom. The summed E-state index contributed by atoms with van der Waals surface area (Å²) in [6, 6.07) is 50.4. The number of hydrogen-bond donors (Lipinski definition) is 0. The van der Waals surface area contributed by atoms with Crippen molar-refractivity contribution in [3.05, 3.63) is 140 Å². The molecule has 0 aliphatic carbocycles. The third-order valence-corrected chi connectivity index (χ3v) is 10.2. The minimum Gasteiger partial charge on any atom is -0.436 e. The molecule has 2 aromatic heterocycles. The lowest BCUT2D eigenvalue weighted by atomic mass is 9.89. The van der Waals surface area contributed by atoms with E-state index < -0.39 is 0 Å². The van der Waals surface area contributed by atoms with Crippen LogP contribution in [0.5, 0.6) is 0 Å². The Kier molecular flexibility index (Phi) is 4.90. The summed E-state index contributed by atoms with van der Waals surface area (Å²) in [7, 11) is 0. The van der Waals surface area contributed by atoms with Gasteiger partial charge >= 0.3 is 0 Å². The van der Waals surface area contributed by atoms with Crippen LogP contribution in [0.2, 0.25) is 0 Å². The molecule has 0 amide bonds. The molecule has 10 rings (SSSR count). The summed E-state index contributed by atoms with van der Waals surface area (Å²) in [4.78, 5) is 4.66. The summed E-state index contributed by atoms with van der Waals surface area (Å²) < 4.78 is 8.69. The number of nitrogens with zero attached hydrogens (tertiary/aromatic N) is 1. The molecule has 0 N–H and O–H groups in total. The second-order valence-electron chi connectivity index (χ2n) is 11.6. The monoisotopic (exact) mass is 577 g/mol. The van der Waals surface area contributed by atoms with Crippen LogP contribution >= 0.6 is 11.3 Å². The van der Waals surface area contributed by atoms with Gasteiger partial charge in [-0.25, -0.2) is 4.98 Å². The second-order valence-corrected chi connectivity index (χ2v) is 12.6. The average Bonchev–Trinajstić information content (AvgIpc) is 3.69. The molecule has 0 saturated carbocycles. The van der Waals surface area contributed by atoms with Crippen molar-refractivity contribution in [2.45, 2.75) is 0 Å². The molecule has 0 bridgehead atoms. The predicted octanol–water partition coefficient (Wildman–Crippen LogP) is 12.1. The molecule has 3 heteroatoms. The molecule has 0 spiro atoms. The fourth-order valence-corrected chi connectivity index (χ4v) is 8.17. The van der Waals surface area contributed by atoms with Gasteiger partial charge in [0, 0.05) is 25.7 Å². The molecule has 8 aromatic carbocycles. The van der Waals surface area contributed by atoms with Gasteiger partial charge in [-0.3, -0.25) is 0 Å². The van der Waals surface area contributed by atoms with Crippen LogP contribution in [0, 0.1) is 0 Å². The Bertz CT molecular complexity index is 2610. The zero-order valence-corrected chi connectivity index (χ0v) is 24.4. The van der Waals surface area contributed by atoms with Crippen molar-refractivity contribution in [1.29, 1.82) is 0 Å². The highest BCUT2D eigenvalue weighted by atomic mass is 32.1. The second kappa shape index (κ2) is 9.00. The fraction of sp³-hybridized carbons (Fsp3) is 0. The van der Waals surface area contributed by atoms with Crippen LogP contribution in [0.15, 0.2) is 144 Å². The van der Waals surface area contributed by atoms with Crippen molar-refractivity contribution in [3.8, 4) is 33.7 Å². The minimum absolute atomic E-state index is 0.649. The number of benzene rings is 8. The highest BCUT2D eigenvalue weighted by Crippen LogP contribution is 2.43. The van der Waals surface area contributed by atoms with Gasteiger partial charge in [0.15, 0.2) is 5.58 Å². The third-order valence-electron chi connectivity index (χ3n) is 9.01. The molecular weight excluding hydrogens is 555 g/mol. The van der Waals surface area contributed by atoms with E-state index in [9.17, 15) is 0 Å². The van der Waals surface area contributed by atoms with Crippen LogP contribution in [-0.2, 0) is 0 Å². The summed E-state index contributed by atoms with van der Waals surface area (Å²) in [6.07, 6.45) is 0. The third kappa shape index (κ3) is 3.51. The van der Waals surface area contributed by atoms with Crippen molar-refractivity contribution in [3.63, 3.8) is 0 Å². The SMILES string of the molecule is c1ccc2oc(-c3ccc(-c4cc5ccc6cc(-c7cccc8c7sc7ccccc78)cc7ccc(c4)c5c67)cc3)nc2c1. The number of aromatic nitrogens is 1. The molecule has 0 aliphatic heterocycles. The van der Waals surface area contributed by atoms with Crippen molar-refractivity contribution in [2.24, 2.45) is 0 Å². The Morgan fingerprint density at radius 2 is 1.09 bits per heavy atom. The van der Waals surface area contributed by atoms with E-state index >= 15 is 0 Å². The van der Waals surface area contributed by atoms with E-state index in [4.69, 9.17) is 4.42 Å². The zero-order valence-electron chi connectivity index (χ0n) is 23.5. The van der Waals surface area contributed by atoms with Crippen LogP contribution in [0.4, 0.5) is 0 Å². The Balaban J connectivity index is 1.08. The molecule has 44 heavy (non-hydrogen) atoms. The maximum Gasteiger partial charge on any atom is 0.227 e. The number of fused-ring (bicyclic) bond motifs is 4. The summed E-state index contributed by atoms with van der Waals surface area (Å²) in [5, 5.41) is 10.4. The van der Waals surface area contributed by atoms with E-state index in [2.05, 4.69) is 120 Å². The standard InChI is InChI=1S/C41H23NOS/c1-4-11-37-33(6-1)34-8-5-7-32(40(34)44-37)31-22-28-18-16-26-20-30(21-27-17-19-29(23-31)39(28)38(26)27)24-12-14-25(15-13-24)41-42-35-9-2-3-10-36(35)43-41/h1-23H. The van der Waals surface area contributed by atoms with Crippen molar-refractivity contribution >= 4 is 74.9 Å². The molecule has 0 fully saturated rings. The van der Waals surface area contributed by atoms with Gasteiger partial charge in [-0.15, -0.1) is 11.3 Å². The van der Waals surface area contributed by atoms with E-state index in [-0.39, 0.29) is 0 Å². The number of rotatable bonds is 3. The lowest BCUT2D eigenvalue weighted by Crippen LogP contribution is -1.88.